The van der Waals surface area contributed by atoms with Gasteiger partial charge in [-0.25, -0.2) is 4.98 Å². The van der Waals surface area contributed by atoms with E-state index in [9.17, 15) is 4.79 Å². The van der Waals surface area contributed by atoms with Gasteiger partial charge in [-0.2, -0.15) is 0 Å². The van der Waals surface area contributed by atoms with E-state index in [1.807, 2.05) is 64.3 Å². The Morgan fingerprint density at radius 1 is 1.17 bits per heavy atom. The van der Waals surface area contributed by atoms with Gasteiger partial charge in [0.25, 0.3) is 0 Å². The molecule has 0 aliphatic carbocycles. The van der Waals surface area contributed by atoms with Gasteiger partial charge in [-0.05, 0) is 63.3 Å². The summed E-state index contributed by atoms with van der Waals surface area (Å²) in [5, 5.41) is 1.40. The number of carbonyl (C=O) groups is 1. The molecule has 154 valence electrons. The van der Waals surface area contributed by atoms with Crippen LogP contribution in [0.1, 0.15) is 18.1 Å². The molecule has 0 saturated heterocycles. The van der Waals surface area contributed by atoms with E-state index in [0.29, 0.717) is 29.7 Å². The molecule has 0 aliphatic heterocycles. The van der Waals surface area contributed by atoms with Gasteiger partial charge in [0.05, 0.1) is 23.2 Å². The normalized spacial score (nSPS) is 11.2. The first-order valence-corrected chi connectivity index (χ1v) is 10.8. The number of hydrogen-bond acceptors (Lipinski definition) is 5. The van der Waals surface area contributed by atoms with E-state index in [4.69, 9.17) is 21.3 Å². The summed E-state index contributed by atoms with van der Waals surface area (Å²) in [4.78, 5) is 21.8. The molecule has 1 aromatic heterocycles. The first-order valence-electron chi connectivity index (χ1n) is 9.61. The van der Waals surface area contributed by atoms with Crippen LogP contribution in [0.25, 0.3) is 10.2 Å². The zero-order valence-electron chi connectivity index (χ0n) is 17.2. The fraction of sp³-hybridized carbons (Fsp3) is 0.364. The Labute approximate surface area is 180 Å². The molecule has 5 nitrogen and oxygen atoms in total. The predicted molar refractivity (Wildman–Crippen MR) is 122 cm³/mol. The predicted octanol–water partition coefficient (Wildman–Crippen LogP) is 4.79. The number of ether oxygens (including phenoxy) is 1. The molecule has 0 aliphatic rings. The lowest BCUT2D eigenvalue weighted by Gasteiger charge is -2.22. The maximum Gasteiger partial charge on any atom is 0.233 e. The van der Waals surface area contributed by atoms with Crippen LogP contribution in [-0.2, 0) is 11.2 Å². The van der Waals surface area contributed by atoms with Gasteiger partial charge in [0.15, 0.2) is 5.13 Å². The van der Waals surface area contributed by atoms with Gasteiger partial charge in [-0.1, -0.05) is 35.1 Å². The molecule has 3 aromatic rings. The average molecular weight is 432 g/mol. The summed E-state index contributed by atoms with van der Waals surface area (Å²) in [6.45, 7) is 5.90. The fourth-order valence-corrected chi connectivity index (χ4v) is 4.49. The maximum atomic E-state index is 13.2. The molecule has 7 heteroatoms. The number of halogens is 1. The molecule has 0 spiro atoms. The number of anilines is 1. The van der Waals surface area contributed by atoms with E-state index in [-0.39, 0.29) is 5.91 Å². The topological polar surface area (TPSA) is 45.7 Å². The molecule has 0 atom stereocenters. The molecule has 0 fully saturated rings. The van der Waals surface area contributed by atoms with Crippen LogP contribution in [-0.4, -0.2) is 49.6 Å². The molecule has 0 saturated carbocycles. The molecule has 29 heavy (non-hydrogen) atoms. The van der Waals surface area contributed by atoms with E-state index < -0.39 is 0 Å². The highest BCUT2D eigenvalue weighted by atomic mass is 35.5. The van der Waals surface area contributed by atoms with Crippen molar-refractivity contribution in [3.8, 4) is 5.75 Å². The third-order valence-corrected chi connectivity index (χ3v) is 5.78. The van der Waals surface area contributed by atoms with E-state index in [1.165, 1.54) is 11.3 Å². The van der Waals surface area contributed by atoms with Crippen molar-refractivity contribution in [2.24, 2.45) is 0 Å². The molecule has 0 unspecified atom stereocenters. The molecular formula is C22H26ClN3O2S. The van der Waals surface area contributed by atoms with E-state index >= 15 is 0 Å². The largest absolute Gasteiger partial charge is 0.494 e. The van der Waals surface area contributed by atoms with Crippen molar-refractivity contribution in [1.29, 1.82) is 0 Å². The number of amides is 1. The maximum absolute atomic E-state index is 13.2. The minimum Gasteiger partial charge on any atom is -0.494 e. The minimum absolute atomic E-state index is 0.0267. The summed E-state index contributed by atoms with van der Waals surface area (Å²) >= 11 is 7.71. The van der Waals surface area contributed by atoms with Crippen molar-refractivity contribution in [1.82, 2.24) is 9.88 Å². The fourth-order valence-electron chi connectivity index (χ4n) is 3.03. The highest BCUT2D eigenvalue weighted by molar-refractivity contribution is 7.22. The van der Waals surface area contributed by atoms with Crippen molar-refractivity contribution in [2.75, 3.05) is 38.7 Å². The number of nitrogens with zero attached hydrogens (tertiary/aromatic N) is 3. The summed E-state index contributed by atoms with van der Waals surface area (Å²) in [6, 6.07) is 11.5. The Hall–Kier alpha value is -2.15. The Morgan fingerprint density at radius 3 is 2.55 bits per heavy atom. The second-order valence-electron chi connectivity index (χ2n) is 7.17. The molecule has 1 heterocycles. The number of fused-ring (bicyclic) bond motifs is 1. The van der Waals surface area contributed by atoms with Crippen LogP contribution < -0.4 is 9.64 Å². The lowest BCUT2D eigenvalue weighted by Crippen LogP contribution is -2.37. The van der Waals surface area contributed by atoms with Crippen LogP contribution in [0.5, 0.6) is 5.75 Å². The molecule has 0 bridgehead atoms. The summed E-state index contributed by atoms with van der Waals surface area (Å²) in [6.07, 6.45) is 0.315. The number of likely N-dealkylation sites (N-methyl/N-ethyl adjacent to an activating group) is 1. The van der Waals surface area contributed by atoms with Crippen molar-refractivity contribution >= 4 is 44.2 Å². The van der Waals surface area contributed by atoms with Crippen LogP contribution >= 0.6 is 22.9 Å². The molecule has 0 N–H and O–H groups in total. The quantitative estimate of drug-likeness (QED) is 0.514. The summed E-state index contributed by atoms with van der Waals surface area (Å²) in [5.74, 6) is 0.838. The zero-order valence-corrected chi connectivity index (χ0v) is 18.8. The van der Waals surface area contributed by atoms with Gasteiger partial charge in [-0.15, -0.1) is 0 Å². The summed E-state index contributed by atoms with van der Waals surface area (Å²) < 4.78 is 6.48. The van der Waals surface area contributed by atoms with Crippen molar-refractivity contribution < 1.29 is 9.53 Å². The van der Waals surface area contributed by atoms with Crippen LogP contribution in [0.4, 0.5) is 5.13 Å². The Morgan fingerprint density at radius 2 is 1.90 bits per heavy atom. The second kappa shape index (κ2) is 9.57. The monoisotopic (exact) mass is 431 g/mol. The lowest BCUT2D eigenvalue weighted by molar-refractivity contribution is -0.118. The van der Waals surface area contributed by atoms with Gasteiger partial charge in [0.2, 0.25) is 5.91 Å². The smallest absolute Gasteiger partial charge is 0.233 e. The van der Waals surface area contributed by atoms with Gasteiger partial charge >= 0.3 is 0 Å². The molecule has 3 rings (SSSR count). The first-order chi connectivity index (χ1) is 13.9. The highest BCUT2D eigenvalue weighted by Crippen LogP contribution is 2.33. The zero-order chi connectivity index (χ0) is 21.0. The average Bonchev–Trinajstić information content (AvgIpc) is 3.07. The van der Waals surface area contributed by atoms with Crippen LogP contribution in [0.2, 0.25) is 5.02 Å². The van der Waals surface area contributed by atoms with Crippen LogP contribution in [0.3, 0.4) is 0 Å². The van der Waals surface area contributed by atoms with Gasteiger partial charge in [0.1, 0.15) is 5.75 Å². The lowest BCUT2D eigenvalue weighted by atomic mass is 10.1. The van der Waals surface area contributed by atoms with Crippen LogP contribution in [0.15, 0.2) is 36.4 Å². The van der Waals surface area contributed by atoms with Crippen molar-refractivity contribution in [2.45, 2.75) is 20.3 Å². The molecular weight excluding hydrogens is 406 g/mol. The Kier molecular flexibility index (Phi) is 7.11. The van der Waals surface area contributed by atoms with Gasteiger partial charge in [0, 0.05) is 18.1 Å². The van der Waals surface area contributed by atoms with E-state index in [2.05, 4.69) is 4.90 Å². The van der Waals surface area contributed by atoms with Gasteiger partial charge in [-0.3, -0.25) is 9.69 Å². The SMILES string of the molecule is CCOc1ccc(CC(=O)N(CCN(C)C)c2nc3c(C)cc(Cl)cc3s2)cc1. The van der Waals surface area contributed by atoms with E-state index in [0.717, 1.165) is 33.6 Å². The number of benzene rings is 2. The minimum atomic E-state index is 0.0267. The summed E-state index contributed by atoms with van der Waals surface area (Å²) in [5.41, 5.74) is 2.87. The number of aryl methyl sites for hydroxylation is 1. The molecule has 1 amide bonds. The standard InChI is InChI=1S/C22H26ClN3O2S/c1-5-28-18-8-6-16(7-9-18)13-20(27)26(11-10-25(3)4)22-24-21-15(2)12-17(23)14-19(21)29-22/h6-9,12,14H,5,10-11,13H2,1-4H3. The first kappa shape index (κ1) is 21.6. The van der Waals surface area contributed by atoms with Crippen LogP contribution in [0, 0.1) is 6.92 Å². The third-order valence-electron chi connectivity index (χ3n) is 4.53. The second-order valence-corrected chi connectivity index (χ2v) is 8.61. The number of thiazole rings is 1. The number of carbonyl (C=O) groups excluding carboxylic acids is 1. The molecule has 0 radical (unpaired) electrons. The summed E-state index contributed by atoms with van der Waals surface area (Å²) in [7, 11) is 3.99. The number of rotatable bonds is 8. The van der Waals surface area contributed by atoms with Crippen molar-refractivity contribution in [3.05, 3.63) is 52.5 Å². The Balaban J connectivity index is 1.86. The van der Waals surface area contributed by atoms with Gasteiger partial charge < -0.3 is 9.64 Å². The van der Waals surface area contributed by atoms with E-state index in [1.54, 1.807) is 4.90 Å². The molecule has 2 aromatic carbocycles. The number of hydrogen-bond donors (Lipinski definition) is 0. The van der Waals surface area contributed by atoms with Crippen molar-refractivity contribution in [3.63, 3.8) is 0 Å². The Bertz CT molecular complexity index is 986. The highest BCUT2D eigenvalue weighted by Gasteiger charge is 2.21. The number of aromatic nitrogens is 1. The third kappa shape index (κ3) is 5.47.